The van der Waals surface area contributed by atoms with Crippen LogP contribution >= 0.6 is 12.4 Å². The molecular weight excluding hydrogens is 326 g/mol. The van der Waals surface area contributed by atoms with E-state index in [0.717, 1.165) is 32.5 Å². The molecule has 6 nitrogen and oxygen atoms in total. The molecule has 0 spiro atoms. The number of amides is 1. The molecule has 0 bridgehead atoms. The van der Waals surface area contributed by atoms with Gasteiger partial charge in [-0.15, -0.1) is 12.4 Å². The number of carbonyl (C=O) groups excluding carboxylic acids is 1. The fourth-order valence-corrected chi connectivity index (χ4v) is 5.13. The van der Waals surface area contributed by atoms with Gasteiger partial charge in [0, 0.05) is 19.6 Å². The van der Waals surface area contributed by atoms with Gasteiger partial charge in [-0.3, -0.25) is 4.79 Å². The van der Waals surface area contributed by atoms with E-state index in [4.69, 9.17) is 0 Å². The molecule has 0 aromatic rings. The number of hydrogen-bond acceptors (Lipinski definition) is 4. The Labute approximate surface area is 140 Å². The van der Waals surface area contributed by atoms with Crippen molar-refractivity contribution in [2.75, 3.05) is 39.0 Å². The number of halogens is 1. The zero-order valence-corrected chi connectivity index (χ0v) is 15.1. The second-order valence-corrected chi connectivity index (χ2v) is 8.12. The summed E-state index contributed by atoms with van der Waals surface area (Å²) in [6, 6.07) is -0.463. The Morgan fingerprint density at radius 1 is 1.27 bits per heavy atom. The number of likely N-dealkylation sites (tertiary alicyclic amines) is 1. The van der Waals surface area contributed by atoms with Gasteiger partial charge in [0.15, 0.2) is 0 Å². The normalized spacial score (nSPS) is 26.2. The lowest BCUT2D eigenvalue weighted by Crippen LogP contribution is -2.47. The molecular formula is C14H28ClN3O3S. The van der Waals surface area contributed by atoms with Gasteiger partial charge in [-0.1, -0.05) is 6.92 Å². The second-order valence-electron chi connectivity index (χ2n) is 6.08. The minimum atomic E-state index is -3.28. The van der Waals surface area contributed by atoms with E-state index in [1.807, 2.05) is 18.9 Å². The van der Waals surface area contributed by atoms with Crippen molar-refractivity contribution in [3.05, 3.63) is 0 Å². The summed E-state index contributed by atoms with van der Waals surface area (Å²) in [6.45, 7) is 4.76. The van der Waals surface area contributed by atoms with Crippen molar-refractivity contribution in [2.24, 2.45) is 5.92 Å². The van der Waals surface area contributed by atoms with Crippen molar-refractivity contribution in [3.63, 3.8) is 0 Å². The molecule has 0 saturated carbocycles. The maximum Gasteiger partial charge on any atom is 0.241 e. The van der Waals surface area contributed by atoms with Crippen molar-refractivity contribution in [2.45, 2.75) is 38.6 Å². The maximum absolute atomic E-state index is 12.7. The SMILES string of the molecule is CCCS(=O)(=O)N1CCCC1C(=O)N1CCC(CNC)C1.Cl. The quantitative estimate of drug-likeness (QED) is 0.762. The molecule has 1 N–H and O–H groups in total. The minimum Gasteiger partial charge on any atom is -0.341 e. The number of rotatable bonds is 6. The summed E-state index contributed by atoms with van der Waals surface area (Å²) in [5, 5.41) is 3.14. The molecule has 2 rings (SSSR count). The molecule has 2 aliphatic heterocycles. The van der Waals surface area contributed by atoms with E-state index >= 15 is 0 Å². The van der Waals surface area contributed by atoms with E-state index in [1.54, 1.807) is 0 Å². The van der Waals surface area contributed by atoms with Gasteiger partial charge in [0.05, 0.1) is 5.75 Å². The van der Waals surface area contributed by atoms with Crippen molar-refractivity contribution in [3.8, 4) is 0 Å². The first-order valence-electron chi connectivity index (χ1n) is 7.92. The van der Waals surface area contributed by atoms with Gasteiger partial charge in [0.1, 0.15) is 6.04 Å². The molecule has 0 aliphatic carbocycles. The molecule has 0 aromatic heterocycles. The largest absolute Gasteiger partial charge is 0.341 e. The summed E-state index contributed by atoms with van der Waals surface area (Å²) in [5.41, 5.74) is 0. The van der Waals surface area contributed by atoms with Crippen LogP contribution in [0.1, 0.15) is 32.6 Å². The number of sulfonamides is 1. The van der Waals surface area contributed by atoms with Gasteiger partial charge in [-0.25, -0.2) is 8.42 Å². The minimum absolute atomic E-state index is 0. The molecule has 2 saturated heterocycles. The van der Waals surface area contributed by atoms with Crippen LogP contribution in [0.2, 0.25) is 0 Å². The summed E-state index contributed by atoms with van der Waals surface area (Å²) in [5.74, 6) is 0.630. The molecule has 2 unspecified atom stereocenters. The zero-order chi connectivity index (χ0) is 15.5. The standard InChI is InChI=1S/C14H27N3O3S.ClH/c1-3-9-21(19,20)17-7-4-5-13(17)14(18)16-8-6-12(11-16)10-15-2;/h12-13,15H,3-11H2,1-2H3;1H. The first-order chi connectivity index (χ1) is 9.99. The lowest BCUT2D eigenvalue weighted by Gasteiger charge is -2.27. The zero-order valence-electron chi connectivity index (χ0n) is 13.5. The average Bonchev–Trinajstić information content (AvgIpc) is 3.07. The van der Waals surface area contributed by atoms with Crippen LogP contribution in [0.15, 0.2) is 0 Å². The van der Waals surface area contributed by atoms with Crippen LogP contribution in [-0.4, -0.2) is 68.6 Å². The molecule has 2 aliphatic rings. The lowest BCUT2D eigenvalue weighted by molar-refractivity contribution is -0.133. The molecule has 8 heteroatoms. The van der Waals surface area contributed by atoms with Crippen LogP contribution in [0.25, 0.3) is 0 Å². The van der Waals surface area contributed by atoms with Gasteiger partial charge in [-0.05, 0) is 45.2 Å². The number of carbonyl (C=O) groups is 1. The molecule has 22 heavy (non-hydrogen) atoms. The summed E-state index contributed by atoms with van der Waals surface area (Å²) in [4.78, 5) is 14.5. The molecule has 0 radical (unpaired) electrons. The predicted octanol–water partition coefficient (Wildman–Crippen LogP) is 0.680. The molecule has 130 valence electrons. The van der Waals surface area contributed by atoms with Crippen LogP contribution in [0.5, 0.6) is 0 Å². The maximum atomic E-state index is 12.7. The van der Waals surface area contributed by atoms with Gasteiger partial charge in [0.2, 0.25) is 15.9 Å². The van der Waals surface area contributed by atoms with Crippen LogP contribution in [-0.2, 0) is 14.8 Å². The van der Waals surface area contributed by atoms with Crippen LogP contribution < -0.4 is 5.32 Å². The fraction of sp³-hybridized carbons (Fsp3) is 0.929. The highest BCUT2D eigenvalue weighted by Crippen LogP contribution is 2.26. The third kappa shape index (κ3) is 4.34. The summed E-state index contributed by atoms with van der Waals surface area (Å²) >= 11 is 0. The Kier molecular flexibility index (Phi) is 7.58. The Morgan fingerprint density at radius 2 is 2.00 bits per heavy atom. The molecule has 2 atom stereocenters. The van der Waals surface area contributed by atoms with E-state index in [-0.39, 0.29) is 24.1 Å². The lowest BCUT2D eigenvalue weighted by atomic mass is 10.1. The summed E-state index contributed by atoms with van der Waals surface area (Å²) < 4.78 is 26.0. The second kappa shape index (κ2) is 8.47. The van der Waals surface area contributed by atoms with Crippen molar-refractivity contribution in [1.82, 2.24) is 14.5 Å². The Bertz CT molecular complexity index is 472. The third-order valence-corrected chi connectivity index (χ3v) is 6.47. The molecule has 1 amide bonds. The monoisotopic (exact) mass is 353 g/mol. The highest BCUT2D eigenvalue weighted by atomic mass is 35.5. The Hall–Kier alpha value is -0.370. The number of hydrogen-bond donors (Lipinski definition) is 1. The van der Waals surface area contributed by atoms with Gasteiger partial charge >= 0.3 is 0 Å². The van der Waals surface area contributed by atoms with E-state index in [1.165, 1.54) is 4.31 Å². The van der Waals surface area contributed by atoms with Gasteiger partial charge < -0.3 is 10.2 Å². The van der Waals surface area contributed by atoms with Crippen molar-refractivity contribution < 1.29 is 13.2 Å². The Balaban J connectivity index is 0.00000242. The number of nitrogens with zero attached hydrogens (tertiary/aromatic N) is 2. The molecule has 0 aromatic carbocycles. The van der Waals surface area contributed by atoms with Gasteiger partial charge in [-0.2, -0.15) is 4.31 Å². The van der Waals surface area contributed by atoms with Crippen LogP contribution in [0, 0.1) is 5.92 Å². The van der Waals surface area contributed by atoms with E-state index < -0.39 is 16.1 Å². The van der Waals surface area contributed by atoms with E-state index in [2.05, 4.69) is 5.32 Å². The molecule has 2 heterocycles. The molecule has 2 fully saturated rings. The predicted molar refractivity (Wildman–Crippen MR) is 89.7 cm³/mol. The third-order valence-electron chi connectivity index (χ3n) is 4.40. The Morgan fingerprint density at radius 3 is 2.64 bits per heavy atom. The summed E-state index contributed by atoms with van der Waals surface area (Å²) in [6.07, 6.45) is 3.04. The number of nitrogens with one attached hydrogen (secondary N) is 1. The van der Waals surface area contributed by atoms with E-state index in [0.29, 0.717) is 25.3 Å². The highest BCUT2D eigenvalue weighted by molar-refractivity contribution is 7.89. The van der Waals surface area contributed by atoms with E-state index in [9.17, 15) is 13.2 Å². The fourth-order valence-electron chi connectivity index (χ4n) is 3.39. The first-order valence-corrected chi connectivity index (χ1v) is 9.53. The smallest absolute Gasteiger partial charge is 0.241 e. The van der Waals surface area contributed by atoms with Crippen LogP contribution in [0.3, 0.4) is 0 Å². The van der Waals surface area contributed by atoms with Gasteiger partial charge in [0.25, 0.3) is 0 Å². The van der Waals surface area contributed by atoms with Crippen molar-refractivity contribution in [1.29, 1.82) is 0 Å². The highest BCUT2D eigenvalue weighted by Gasteiger charge is 2.41. The summed E-state index contributed by atoms with van der Waals surface area (Å²) in [7, 11) is -1.37. The first kappa shape index (κ1) is 19.7. The topological polar surface area (TPSA) is 69.7 Å². The average molecular weight is 354 g/mol. The van der Waals surface area contributed by atoms with Crippen LogP contribution in [0.4, 0.5) is 0 Å². The van der Waals surface area contributed by atoms with Crippen molar-refractivity contribution >= 4 is 28.3 Å².